The van der Waals surface area contributed by atoms with Gasteiger partial charge in [0.1, 0.15) is 0 Å². The summed E-state index contributed by atoms with van der Waals surface area (Å²) in [5.74, 6) is -0.101. The maximum Gasteiger partial charge on any atom is 0.405 e. The Kier molecular flexibility index (Phi) is 5.40. The number of carbonyl (C=O) groups is 1. The molecule has 1 amide bonds. The molecular weight excluding hydrogens is 345 g/mol. The molecule has 0 spiro atoms. The van der Waals surface area contributed by atoms with Gasteiger partial charge in [0.25, 0.3) is 0 Å². The second-order valence-electron chi connectivity index (χ2n) is 7.78. The Morgan fingerprint density at radius 2 is 1.96 bits per heavy atom. The highest BCUT2D eigenvalue weighted by molar-refractivity contribution is 5.68. The summed E-state index contributed by atoms with van der Waals surface area (Å²) >= 11 is 0. The third kappa shape index (κ3) is 4.07. The second-order valence-corrected chi connectivity index (χ2v) is 7.78. The van der Waals surface area contributed by atoms with Crippen LogP contribution in [0.15, 0.2) is 36.4 Å². The van der Waals surface area contributed by atoms with Gasteiger partial charge < -0.3 is 15.2 Å². The molecule has 1 aliphatic rings. The van der Waals surface area contributed by atoms with Crippen molar-refractivity contribution < 1.29 is 19.0 Å². The van der Waals surface area contributed by atoms with E-state index in [0.29, 0.717) is 6.61 Å². The lowest BCUT2D eigenvalue weighted by molar-refractivity contribution is 0.161. The quantitative estimate of drug-likeness (QED) is 0.723. The second kappa shape index (κ2) is 7.59. The molecule has 2 N–H and O–H groups in total. The molecule has 27 heavy (non-hydrogen) atoms. The summed E-state index contributed by atoms with van der Waals surface area (Å²) in [7, 11) is 0. The van der Waals surface area contributed by atoms with Crippen LogP contribution in [0, 0.1) is 11.2 Å². The minimum absolute atomic E-state index is 0.155. The zero-order valence-corrected chi connectivity index (χ0v) is 16.0. The fourth-order valence-electron chi connectivity index (χ4n) is 3.71. The van der Waals surface area contributed by atoms with Crippen LogP contribution in [0.2, 0.25) is 0 Å². The number of rotatable bonds is 5. The van der Waals surface area contributed by atoms with Crippen molar-refractivity contribution in [3.05, 3.63) is 53.3 Å². The first-order valence-corrected chi connectivity index (χ1v) is 9.37. The van der Waals surface area contributed by atoms with E-state index in [1.54, 1.807) is 6.07 Å². The average Bonchev–Trinajstić information content (AvgIpc) is 2.62. The van der Waals surface area contributed by atoms with Gasteiger partial charge in [0, 0.05) is 0 Å². The fourth-order valence-corrected chi connectivity index (χ4v) is 3.71. The molecule has 3 rings (SSSR count). The summed E-state index contributed by atoms with van der Waals surface area (Å²) in [6, 6.07) is 10.7. The summed E-state index contributed by atoms with van der Waals surface area (Å²) < 4.78 is 19.7. The molecule has 1 aliphatic carbocycles. The normalized spacial score (nSPS) is 17.9. The van der Waals surface area contributed by atoms with Gasteiger partial charge in [0.15, 0.2) is 11.6 Å². The number of nitrogens with one attached hydrogen (secondary N) is 1. The van der Waals surface area contributed by atoms with Gasteiger partial charge in [-0.2, -0.15) is 0 Å². The number of hydrogen-bond acceptors (Lipinski definition) is 2. The van der Waals surface area contributed by atoms with Gasteiger partial charge in [-0.15, -0.1) is 0 Å². The highest BCUT2D eigenvalue weighted by Crippen LogP contribution is 2.44. The van der Waals surface area contributed by atoms with Crippen LogP contribution < -0.4 is 10.1 Å². The topological polar surface area (TPSA) is 58.6 Å². The highest BCUT2D eigenvalue weighted by Gasteiger charge is 2.37. The van der Waals surface area contributed by atoms with Crippen molar-refractivity contribution in [1.29, 1.82) is 0 Å². The highest BCUT2D eigenvalue weighted by atomic mass is 19.1. The molecule has 0 saturated carbocycles. The van der Waals surface area contributed by atoms with E-state index in [4.69, 9.17) is 4.74 Å². The number of fused-ring (bicyclic) bond motifs is 1. The van der Waals surface area contributed by atoms with Crippen molar-refractivity contribution in [2.45, 2.75) is 46.1 Å². The van der Waals surface area contributed by atoms with Crippen molar-refractivity contribution in [3.63, 3.8) is 0 Å². The van der Waals surface area contributed by atoms with Crippen molar-refractivity contribution in [2.24, 2.45) is 5.41 Å². The first-order chi connectivity index (χ1) is 12.8. The molecule has 0 bridgehead atoms. The van der Waals surface area contributed by atoms with E-state index in [0.717, 1.165) is 41.5 Å². The van der Waals surface area contributed by atoms with E-state index in [1.807, 2.05) is 31.2 Å². The SMILES string of the molecule is CCCOc1ccc(-c2ccc3c(c2)CCC(C)(C)[C@@H]3NC(=O)O)cc1F. The van der Waals surface area contributed by atoms with Gasteiger partial charge in [-0.3, -0.25) is 0 Å². The predicted molar refractivity (Wildman–Crippen MR) is 104 cm³/mol. The van der Waals surface area contributed by atoms with Crippen molar-refractivity contribution in [2.75, 3.05) is 6.61 Å². The third-order valence-corrected chi connectivity index (χ3v) is 5.27. The molecular formula is C22H26FNO3. The molecule has 0 radical (unpaired) electrons. The van der Waals surface area contributed by atoms with Crippen LogP contribution >= 0.6 is 0 Å². The number of aryl methyl sites for hydroxylation is 1. The lowest BCUT2D eigenvalue weighted by atomic mass is 9.70. The molecule has 0 saturated heterocycles. The minimum atomic E-state index is -1.02. The number of halogens is 1. The van der Waals surface area contributed by atoms with Crippen LogP contribution in [-0.2, 0) is 6.42 Å². The van der Waals surface area contributed by atoms with E-state index < -0.39 is 6.09 Å². The van der Waals surface area contributed by atoms with E-state index >= 15 is 0 Å². The number of amides is 1. The molecule has 2 aromatic rings. The summed E-state index contributed by atoms with van der Waals surface area (Å²) in [5.41, 5.74) is 3.66. The van der Waals surface area contributed by atoms with Gasteiger partial charge in [0.05, 0.1) is 12.6 Å². The lowest BCUT2D eigenvalue weighted by Gasteiger charge is -2.40. The molecule has 5 heteroatoms. The third-order valence-electron chi connectivity index (χ3n) is 5.27. The average molecular weight is 371 g/mol. The molecule has 4 nitrogen and oxygen atoms in total. The summed E-state index contributed by atoms with van der Waals surface area (Å²) in [5, 5.41) is 11.9. The molecule has 144 valence electrons. The maximum absolute atomic E-state index is 14.3. The predicted octanol–water partition coefficient (Wildman–Crippen LogP) is 5.56. The Morgan fingerprint density at radius 3 is 2.63 bits per heavy atom. The molecule has 2 aromatic carbocycles. The van der Waals surface area contributed by atoms with E-state index in [-0.39, 0.29) is 23.0 Å². The summed E-state index contributed by atoms with van der Waals surface area (Å²) in [6.07, 6.45) is 1.56. The minimum Gasteiger partial charge on any atom is -0.491 e. The van der Waals surface area contributed by atoms with Gasteiger partial charge in [-0.05, 0) is 59.1 Å². The number of carboxylic acid groups (broad SMARTS) is 1. The smallest absolute Gasteiger partial charge is 0.405 e. The van der Waals surface area contributed by atoms with Crippen molar-refractivity contribution >= 4 is 6.09 Å². The van der Waals surface area contributed by atoms with Crippen LogP contribution in [-0.4, -0.2) is 17.8 Å². The summed E-state index contributed by atoms with van der Waals surface area (Å²) in [6.45, 7) is 6.62. The van der Waals surface area contributed by atoms with Crippen LogP contribution in [0.25, 0.3) is 11.1 Å². The molecule has 0 aromatic heterocycles. The first kappa shape index (κ1) is 19.2. The van der Waals surface area contributed by atoms with Crippen molar-refractivity contribution in [1.82, 2.24) is 5.32 Å². The van der Waals surface area contributed by atoms with Crippen LogP contribution in [0.5, 0.6) is 5.75 Å². The van der Waals surface area contributed by atoms with Gasteiger partial charge in [-0.1, -0.05) is 45.0 Å². The largest absolute Gasteiger partial charge is 0.491 e. The standard InChI is InChI=1S/C22H26FNO3/c1-4-11-27-19-8-6-15(13-18(19)23)14-5-7-17-16(12-14)9-10-22(2,3)20(17)24-21(25)26/h5-8,12-13,20,24H,4,9-11H2,1-3H3,(H,25,26)/t20-/m1/s1. The molecule has 0 aliphatic heterocycles. The zero-order chi connectivity index (χ0) is 19.6. The van der Waals surface area contributed by atoms with Crippen LogP contribution in [0.4, 0.5) is 9.18 Å². The zero-order valence-electron chi connectivity index (χ0n) is 16.0. The van der Waals surface area contributed by atoms with E-state index in [2.05, 4.69) is 19.2 Å². The first-order valence-electron chi connectivity index (χ1n) is 9.37. The van der Waals surface area contributed by atoms with E-state index in [9.17, 15) is 14.3 Å². The van der Waals surface area contributed by atoms with Crippen molar-refractivity contribution in [3.8, 4) is 16.9 Å². The Balaban J connectivity index is 1.92. The molecule has 0 heterocycles. The lowest BCUT2D eigenvalue weighted by Crippen LogP contribution is -2.40. The van der Waals surface area contributed by atoms with E-state index in [1.165, 1.54) is 6.07 Å². The maximum atomic E-state index is 14.3. The van der Waals surface area contributed by atoms with Gasteiger partial charge in [0.2, 0.25) is 0 Å². The van der Waals surface area contributed by atoms with Crippen LogP contribution in [0.3, 0.4) is 0 Å². The van der Waals surface area contributed by atoms with Crippen LogP contribution in [0.1, 0.15) is 50.8 Å². The fraction of sp³-hybridized carbons (Fsp3) is 0.409. The Labute approximate surface area is 159 Å². The molecule has 0 unspecified atom stereocenters. The molecule has 0 fully saturated rings. The molecule has 1 atom stereocenters. The van der Waals surface area contributed by atoms with Gasteiger partial charge in [-0.25, -0.2) is 9.18 Å². The number of ether oxygens (including phenoxy) is 1. The Bertz CT molecular complexity index is 847. The number of hydrogen-bond donors (Lipinski definition) is 2. The summed E-state index contributed by atoms with van der Waals surface area (Å²) in [4.78, 5) is 11.2. The Morgan fingerprint density at radius 1 is 1.26 bits per heavy atom. The monoisotopic (exact) mass is 371 g/mol. The Hall–Kier alpha value is -2.56. The number of benzene rings is 2. The van der Waals surface area contributed by atoms with Gasteiger partial charge >= 0.3 is 6.09 Å².